The van der Waals surface area contributed by atoms with Crippen LogP contribution in [0.1, 0.15) is 50.4 Å². The highest BCUT2D eigenvalue weighted by molar-refractivity contribution is 7.10. The zero-order valence-electron chi connectivity index (χ0n) is 16.6. The Kier molecular flexibility index (Phi) is 7.34. The van der Waals surface area contributed by atoms with Crippen molar-refractivity contribution in [2.45, 2.75) is 57.7 Å². The normalized spacial score (nSPS) is 21.2. The molecule has 1 aliphatic carbocycles. The highest BCUT2D eigenvalue weighted by Crippen LogP contribution is 2.28. The van der Waals surface area contributed by atoms with Crippen LogP contribution in [-0.4, -0.2) is 67.6 Å². The zero-order chi connectivity index (χ0) is 18.4. The van der Waals surface area contributed by atoms with Crippen LogP contribution in [0, 0.1) is 0 Å². The fourth-order valence-corrected chi connectivity index (χ4v) is 4.53. The van der Waals surface area contributed by atoms with E-state index >= 15 is 0 Å². The van der Waals surface area contributed by atoms with Crippen LogP contribution in [0.4, 0.5) is 0 Å². The molecule has 1 saturated carbocycles. The fourth-order valence-electron chi connectivity index (χ4n) is 3.67. The van der Waals surface area contributed by atoms with Gasteiger partial charge in [0, 0.05) is 30.1 Å². The average Bonchev–Trinajstić information content (AvgIpc) is 3.11. The van der Waals surface area contributed by atoms with Crippen LogP contribution in [0.2, 0.25) is 0 Å². The van der Waals surface area contributed by atoms with Crippen molar-refractivity contribution in [1.29, 1.82) is 0 Å². The molecule has 1 aromatic heterocycles. The van der Waals surface area contributed by atoms with Crippen LogP contribution in [0.5, 0.6) is 0 Å². The molecule has 2 N–H and O–H groups in total. The zero-order valence-corrected chi connectivity index (χ0v) is 17.4. The molecule has 1 aromatic rings. The standard InChI is InChI=1S/C20H35N5S/c1-4-21-20(22-14-16(2)24(3)17-9-10-17)23-15-18(19-8-7-13-26-19)25-11-5-6-12-25/h7-8,13,16-18H,4-6,9-12,14-15H2,1-3H3,(H2,21,22,23). The molecule has 2 heterocycles. The summed E-state index contributed by atoms with van der Waals surface area (Å²) in [6.07, 6.45) is 5.34. The first-order valence-electron chi connectivity index (χ1n) is 10.2. The Bertz CT molecular complexity index is 549. The van der Waals surface area contributed by atoms with Crippen molar-refractivity contribution in [3.8, 4) is 0 Å². The van der Waals surface area contributed by atoms with E-state index in [-0.39, 0.29) is 0 Å². The maximum absolute atomic E-state index is 4.86. The van der Waals surface area contributed by atoms with Gasteiger partial charge in [0.1, 0.15) is 0 Å². The Labute approximate surface area is 162 Å². The van der Waals surface area contributed by atoms with Crippen molar-refractivity contribution >= 4 is 17.3 Å². The maximum Gasteiger partial charge on any atom is 0.191 e. The number of guanidine groups is 1. The molecular weight excluding hydrogens is 342 g/mol. The molecule has 6 heteroatoms. The van der Waals surface area contributed by atoms with E-state index in [1.165, 1.54) is 43.6 Å². The maximum atomic E-state index is 4.86. The van der Waals surface area contributed by atoms with Gasteiger partial charge in [-0.25, -0.2) is 0 Å². The van der Waals surface area contributed by atoms with Crippen molar-refractivity contribution in [3.63, 3.8) is 0 Å². The topological polar surface area (TPSA) is 42.9 Å². The largest absolute Gasteiger partial charge is 0.357 e. The van der Waals surface area contributed by atoms with Gasteiger partial charge < -0.3 is 10.6 Å². The molecule has 1 aliphatic heterocycles. The van der Waals surface area contributed by atoms with Gasteiger partial charge >= 0.3 is 0 Å². The van der Waals surface area contributed by atoms with E-state index in [1.54, 1.807) is 0 Å². The van der Waals surface area contributed by atoms with Gasteiger partial charge in [-0.3, -0.25) is 14.8 Å². The van der Waals surface area contributed by atoms with E-state index in [4.69, 9.17) is 4.99 Å². The summed E-state index contributed by atoms with van der Waals surface area (Å²) in [5.74, 6) is 0.948. The van der Waals surface area contributed by atoms with Gasteiger partial charge in [0.05, 0.1) is 12.6 Å². The molecule has 2 aliphatic rings. The lowest BCUT2D eigenvalue weighted by molar-refractivity contribution is 0.247. The number of hydrogen-bond acceptors (Lipinski definition) is 4. The second kappa shape index (κ2) is 9.72. The molecule has 146 valence electrons. The summed E-state index contributed by atoms with van der Waals surface area (Å²) in [4.78, 5) is 11.4. The van der Waals surface area contributed by atoms with Crippen LogP contribution in [0.3, 0.4) is 0 Å². The lowest BCUT2D eigenvalue weighted by atomic mass is 10.2. The van der Waals surface area contributed by atoms with Gasteiger partial charge in [-0.1, -0.05) is 6.07 Å². The molecule has 0 aromatic carbocycles. The third kappa shape index (κ3) is 5.44. The van der Waals surface area contributed by atoms with Crippen molar-refractivity contribution in [2.24, 2.45) is 4.99 Å². The first-order valence-corrected chi connectivity index (χ1v) is 11.1. The summed E-state index contributed by atoms with van der Waals surface area (Å²) in [6.45, 7) is 9.49. The van der Waals surface area contributed by atoms with Crippen LogP contribution >= 0.6 is 11.3 Å². The number of nitrogens with zero attached hydrogens (tertiary/aromatic N) is 3. The molecule has 3 rings (SSSR count). The monoisotopic (exact) mass is 377 g/mol. The predicted molar refractivity (Wildman–Crippen MR) is 112 cm³/mol. The third-order valence-electron chi connectivity index (χ3n) is 5.59. The number of likely N-dealkylation sites (N-methyl/N-ethyl adjacent to an activating group) is 1. The molecule has 2 fully saturated rings. The summed E-state index contributed by atoms with van der Waals surface area (Å²) in [5.41, 5.74) is 0. The first kappa shape index (κ1) is 19.6. The summed E-state index contributed by atoms with van der Waals surface area (Å²) >= 11 is 1.87. The van der Waals surface area contributed by atoms with E-state index in [0.717, 1.165) is 31.6 Å². The molecule has 0 spiro atoms. The fraction of sp³-hybridized carbons (Fsp3) is 0.750. The van der Waals surface area contributed by atoms with E-state index in [0.29, 0.717) is 12.1 Å². The van der Waals surface area contributed by atoms with E-state index in [2.05, 4.69) is 58.8 Å². The molecule has 2 unspecified atom stereocenters. The number of hydrogen-bond donors (Lipinski definition) is 2. The molecular formula is C20H35N5S. The van der Waals surface area contributed by atoms with E-state index in [1.807, 2.05) is 11.3 Å². The summed E-state index contributed by atoms with van der Waals surface area (Å²) in [7, 11) is 2.23. The quantitative estimate of drug-likeness (QED) is 0.513. The Hall–Kier alpha value is -1.11. The average molecular weight is 378 g/mol. The Balaban J connectivity index is 1.57. The number of aliphatic imine (C=N–C) groups is 1. The number of nitrogens with one attached hydrogen (secondary N) is 2. The van der Waals surface area contributed by atoms with E-state index in [9.17, 15) is 0 Å². The van der Waals surface area contributed by atoms with Crippen LogP contribution in [-0.2, 0) is 0 Å². The summed E-state index contributed by atoms with van der Waals surface area (Å²) < 4.78 is 0. The third-order valence-corrected chi connectivity index (χ3v) is 6.57. The molecule has 0 amide bonds. The van der Waals surface area contributed by atoms with Gasteiger partial charge in [-0.15, -0.1) is 11.3 Å². The van der Waals surface area contributed by atoms with Gasteiger partial charge in [0.25, 0.3) is 0 Å². The van der Waals surface area contributed by atoms with Crippen LogP contribution < -0.4 is 10.6 Å². The molecule has 26 heavy (non-hydrogen) atoms. The van der Waals surface area contributed by atoms with Crippen molar-refractivity contribution in [3.05, 3.63) is 22.4 Å². The van der Waals surface area contributed by atoms with Crippen molar-refractivity contribution < 1.29 is 0 Å². The molecule has 0 bridgehead atoms. The predicted octanol–water partition coefficient (Wildman–Crippen LogP) is 2.92. The lowest BCUT2D eigenvalue weighted by Gasteiger charge is -2.28. The second-order valence-corrected chi connectivity index (χ2v) is 8.60. The van der Waals surface area contributed by atoms with Crippen LogP contribution in [0.15, 0.2) is 22.5 Å². The van der Waals surface area contributed by atoms with Gasteiger partial charge in [0.2, 0.25) is 0 Å². The minimum atomic E-state index is 0.452. The minimum Gasteiger partial charge on any atom is -0.357 e. The highest BCUT2D eigenvalue weighted by atomic mass is 32.1. The van der Waals surface area contributed by atoms with Crippen molar-refractivity contribution in [2.75, 3.05) is 39.8 Å². The van der Waals surface area contributed by atoms with Gasteiger partial charge in [-0.05, 0) is 71.1 Å². The molecule has 2 atom stereocenters. The minimum absolute atomic E-state index is 0.452. The number of thiophene rings is 1. The SMILES string of the molecule is CCNC(=NCC(C)N(C)C1CC1)NCC(c1cccs1)N1CCCC1. The Morgan fingerprint density at radius 3 is 2.73 bits per heavy atom. The smallest absolute Gasteiger partial charge is 0.191 e. The summed E-state index contributed by atoms with van der Waals surface area (Å²) in [5, 5.41) is 9.22. The van der Waals surface area contributed by atoms with E-state index < -0.39 is 0 Å². The Morgan fingerprint density at radius 1 is 1.35 bits per heavy atom. The van der Waals surface area contributed by atoms with Gasteiger partial charge in [-0.2, -0.15) is 0 Å². The van der Waals surface area contributed by atoms with Gasteiger partial charge in [0.15, 0.2) is 5.96 Å². The highest BCUT2D eigenvalue weighted by Gasteiger charge is 2.29. The molecule has 5 nitrogen and oxygen atoms in total. The first-order chi connectivity index (χ1) is 12.7. The van der Waals surface area contributed by atoms with Crippen molar-refractivity contribution in [1.82, 2.24) is 20.4 Å². The Morgan fingerprint density at radius 2 is 2.12 bits per heavy atom. The number of rotatable bonds is 9. The second-order valence-electron chi connectivity index (χ2n) is 7.62. The van der Waals surface area contributed by atoms with Crippen LogP contribution in [0.25, 0.3) is 0 Å². The lowest BCUT2D eigenvalue weighted by Crippen LogP contribution is -2.43. The molecule has 0 radical (unpaired) electrons. The number of likely N-dealkylation sites (tertiary alicyclic amines) is 1. The molecule has 1 saturated heterocycles. The summed E-state index contributed by atoms with van der Waals surface area (Å²) in [6, 6.07) is 6.16.